The van der Waals surface area contributed by atoms with Gasteiger partial charge < -0.3 is 4.74 Å². The molecule has 0 aromatic carbocycles. The van der Waals surface area contributed by atoms with Crippen LogP contribution in [0.1, 0.15) is 20.8 Å². The smallest absolute Gasteiger partial charge is 0.421 e. The van der Waals surface area contributed by atoms with Crippen LogP contribution in [0.3, 0.4) is 0 Å². The standard InChI is InChI=1S/C8H10Cl2N2O2/c1-8(2,3)14-7(13)12-4-11-5(9)6(12)10/h4H,1-3H3. The van der Waals surface area contributed by atoms with E-state index in [9.17, 15) is 4.79 Å². The molecule has 1 rings (SSSR count). The summed E-state index contributed by atoms with van der Waals surface area (Å²) in [6.45, 7) is 5.28. The molecule has 0 aliphatic carbocycles. The molecule has 1 aromatic heterocycles. The van der Waals surface area contributed by atoms with Crippen molar-refractivity contribution < 1.29 is 9.53 Å². The maximum absolute atomic E-state index is 11.5. The lowest BCUT2D eigenvalue weighted by atomic mass is 10.2. The molecule has 0 fully saturated rings. The van der Waals surface area contributed by atoms with E-state index in [0.717, 1.165) is 4.57 Å². The molecule has 0 bridgehead atoms. The first-order chi connectivity index (χ1) is 6.31. The van der Waals surface area contributed by atoms with Crippen molar-refractivity contribution in [2.24, 2.45) is 0 Å². The molecular weight excluding hydrogens is 227 g/mol. The Kier molecular flexibility index (Phi) is 3.07. The molecule has 0 aliphatic heterocycles. The van der Waals surface area contributed by atoms with E-state index in [1.165, 1.54) is 6.33 Å². The highest BCUT2D eigenvalue weighted by atomic mass is 35.5. The third kappa shape index (κ3) is 2.62. The Morgan fingerprint density at radius 2 is 2.07 bits per heavy atom. The van der Waals surface area contributed by atoms with Crippen LogP contribution in [0.5, 0.6) is 0 Å². The van der Waals surface area contributed by atoms with Gasteiger partial charge in [0.05, 0.1) is 0 Å². The number of halogens is 2. The van der Waals surface area contributed by atoms with Crippen LogP contribution in [-0.4, -0.2) is 21.2 Å². The van der Waals surface area contributed by atoms with E-state index in [4.69, 9.17) is 27.9 Å². The van der Waals surface area contributed by atoms with E-state index < -0.39 is 11.7 Å². The van der Waals surface area contributed by atoms with Crippen molar-refractivity contribution >= 4 is 29.3 Å². The zero-order chi connectivity index (χ0) is 10.9. The van der Waals surface area contributed by atoms with Gasteiger partial charge in [-0.05, 0) is 20.8 Å². The molecule has 0 atom stereocenters. The van der Waals surface area contributed by atoms with Crippen molar-refractivity contribution in [1.29, 1.82) is 0 Å². The van der Waals surface area contributed by atoms with Gasteiger partial charge in [-0.2, -0.15) is 0 Å². The van der Waals surface area contributed by atoms with Gasteiger partial charge in [0.15, 0.2) is 10.3 Å². The van der Waals surface area contributed by atoms with Crippen molar-refractivity contribution in [2.75, 3.05) is 0 Å². The van der Waals surface area contributed by atoms with Gasteiger partial charge >= 0.3 is 6.09 Å². The Morgan fingerprint density at radius 1 is 1.50 bits per heavy atom. The third-order valence-electron chi connectivity index (χ3n) is 1.26. The molecule has 0 amide bonds. The van der Waals surface area contributed by atoms with Crippen molar-refractivity contribution in [3.8, 4) is 0 Å². The van der Waals surface area contributed by atoms with Gasteiger partial charge in [0.1, 0.15) is 11.9 Å². The second-order valence-electron chi connectivity index (χ2n) is 3.68. The van der Waals surface area contributed by atoms with Gasteiger partial charge in [-0.1, -0.05) is 23.2 Å². The van der Waals surface area contributed by atoms with Crippen molar-refractivity contribution in [3.05, 3.63) is 16.6 Å². The predicted molar refractivity (Wildman–Crippen MR) is 53.9 cm³/mol. The highest BCUT2D eigenvalue weighted by Gasteiger charge is 2.20. The number of rotatable bonds is 0. The average Bonchev–Trinajstić information content (AvgIpc) is 2.29. The zero-order valence-electron chi connectivity index (χ0n) is 8.04. The molecule has 1 heterocycles. The van der Waals surface area contributed by atoms with Crippen molar-refractivity contribution in [1.82, 2.24) is 9.55 Å². The summed E-state index contributed by atoms with van der Waals surface area (Å²) in [7, 11) is 0. The largest absolute Gasteiger partial charge is 0.443 e. The first-order valence-electron chi connectivity index (χ1n) is 3.93. The van der Waals surface area contributed by atoms with E-state index in [-0.39, 0.29) is 10.3 Å². The number of nitrogens with zero attached hydrogens (tertiary/aromatic N) is 2. The van der Waals surface area contributed by atoms with Crippen LogP contribution in [0.4, 0.5) is 4.79 Å². The average molecular weight is 237 g/mol. The Hall–Kier alpha value is -0.740. The first kappa shape index (κ1) is 11.3. The minimum atomic E-state index is -0.595. The minimum Gasteiger partial charge on any atom is -0.443 e. The lowest BCUT2D eigenvalue weighted by molar-refractivity contribution is 0.0537. The summed E-state index contributed by atoms with van der Waals surface area (Å²) in [5.74, 6) is 0. The fourth-order valence-corrected chi connectivity index (χ4v) is 1.05. The summed E-state index contributed by atoms with van der Waals surface area (Å²) < 4.78 is 6.11. The van der Waals surface area contributed by atoms with Gasteiger partial charge in [-0.25, -0.2) is 14.3 Å². The van der Waals surface area contributed by atoms with Gasteiger partial charge in [0, 0.05) is 0 Å². The van der Waals surface area contributed by atoms with E-state index in [0.29, 0.717) is 0 Å². The van der Waals surface area contributed by atoms with E-state index in [1.807, 2.05) is 0 Å². The Labute approximate surface area is 91.8 Å². The van der Waals surface area contributed by atoms with Crippen LogP contribution in [-0.2, 0) is 4.74 Å². The second-order valence-corrected chi connectivity index (χ2v) is 4.39. The molecule has 1 aromatic rings. The Balaban J connectivity index is 2.86. The molecule has 14 heavy (non-hydrogen) atoms. The fraction of sp³-hybridized carbons (Fsp3) is 0.500. The van der Waals surface area contributed by atoms with E-state index >= 15 is 0 Å². The van der Waals surface area contributed by atoms with Crippen LogP contribution in [0, 0.1) is 0 Å². The monoisotopic (exact) mass is 236 g/mol. The summed E-state index contributed by atoms with van der Waals surface area (Å²) in [6, 6.07) is 0. The molecule has 6 heteroatoms. The first-order valence-corrected chi connectivity index (χ1v) is 4.68. The number of aromatic nitrogens is 2. The quantitative estimate of drug-likeness (QED) is 0.696. The Bertz CT molecular complexity index is 355. The summed E-state index contributed by atoms with van der Waals surface area (Å²) >= 11 is 11.3. The lowest BCUT2D eigenvalue weighted by Gasteiger charge is -2.19. The van der Waals surface area contributed by atoms with Gasteiger partial charge in [-0.15, -0.1) is 0 Å². The zero-order valence-corrected chi connectivity index (χ0v) is 9.56. The van der Waals surface area contributed by atoms with Crippen LogP contribution in [0.2, 0.25) is 10.3 Å². The molecule has 0 spiro atoms. The number of carbonyl (C=O) groups excluding carboxylic acids is 1. The van der Waals surface area contributed by atoms with E-state index in [2.05, 4.69) is 4.98 Å². The van der Waals surface area contributed by atoms with Crippen LogP contribution < -0.4 is 0 Å². The van der Waals surface area contributed by atoms with Crippen LogP contribution in [0.25, 0.3) is 0 Å². The molecule has 0 saturated heterocycles. The maximum Gasteiger partial charge on any atom is 0.421 e. The predicted octanol–water partition coefficient (Wildman–Crippen LogP) is 2.97. The maximum atomic E-state index is 11.5. The molecule has 4 nitrogen and oxygen atoms in total. The van der Waals surface area contributed by atoms with Gasteiger partial charge in [0.2, 0.25) is 0 Å². The third-order valence-corrected chi connectivity index (χ3v) is 1.99. The molecule has 78 valence electrons. The normalized spacial score (nSPS) is 11.5. The lowest BCUT2D eigenvalue weighted by Crippen LogP contribution is -2.26. The van der Waals surface area contributed by atoms with Crippen molar-refractivity contribution in [3.63, 3.8) is 0 Å². The minimum absolute atomic E-state index is 0.0564. The fourth-order valence-electron chi connectivity index (χ4n) is 0.750. The summed E-state index contributed by atoms with van der Waals surface area (Å²) in [5.41, 5.74) is -0.572. The second kappa shape index (κ2) is 3.79. The molecule has 0 N–H and O–H groups in total. The molecule has 0 radical (unpaired) electrons. The highest BCUT2D eigenvalue weighted by Crippen LogP contribution is 2.20. The Morgan fingerprint density at radius 3 is 2.43 bits per heavy atom. The van der Waals surface area contributed by atoms with E-state index in [1.54, 1.807) is 20.8 Å². The van der Waals surface area contributed by atoms with Gasteiger partial charge in [-0.3, -0.25) is 0 Å². The highest BCUT2D eigenvalue weighted by molar-refractivity contribution is 6.41. The summed E-state index contributed by atoms with van der Waals surface area (Å²) in [5, 5.41) is 0.137. The van der Waals surface area contributed by atoms with Crippen molar-refractivity contribution in [2.45, 2.75) is 26.4 Å². The molecule has 0 aliphatic rings. The number of ether oxygens (including phenoxy) is 1. The topological polar surface area (TPSA) is 44.1 Å². The molecular formula is C8H10Cl2N2O2. The van der Waals surface area contributed by atoms with Crippen LogP contribution >= 0.6 is 23.2 Å². The van der Waals surface area contributed by atoms with Gasteiger partial charge in [0.25, 0.3) is 0 Å². The summed E-state index contributed by atoms with van der Waals surface area (Å²) in [6.07, 6.45) is 0.626. The van der Waals surface area contributed by atoms with Crippen LogP contribution in [0.15, 0.2) is 6.33 Å². The number of carbonyl (C=O) groups is 1. The number of hydrogen-bond acceptors (Lipinski definition) is 3. The molecule has 0 saturated carbocycles. The number of hydrogen-bond donors (Lipinski definition) is 0. The SMILES string of the molecule is CC(C)(C)OC(=O)n1cnc(Cl)c1Cl. The molecule has 0 unspecified atom stereocenters. The summed E-state index contributed by atoms with van der Waals surface area (Å²) in [4.78, 5) is 15.1. The number of imidazole rings is 1.